The van der Waals surface area contributed by atoms with Gasteiger partial charge >= 0.3 is 0 Å². The Morgan fingerprint density at radius 3 is 2.76 bits per heavy atom. The van der Waals surface area contributed by atoms with Crippen molar-refractivity contribution in [3.63, 3.8) is 0 Å². The first-order valence-corrected chi connectivity index (χ1v) is 6.14. The van der Waals surface area contributed by atoms with Gasteiger partial charge in [-0.3, -0.25) is 0 Å². The lowest BCUT2D eigenvalue weighted by Crippen LogP contribution is -2.37. The Balaban J connectivity index is 2.14. The van der Waals surface area contributed by atoms with Crippen LogP contribution in [-0.2, 0) is 0 Å². The Kier molecular flexibility index (Phi) is 3.86. The van der Waals surface area contributed by atoms with E-state index in [0.717, 1.165) is 25.7 Å². The average molecular weight is 252 g/mol. The van der Waals surface area contributed by atoms with E-state index in [1.54, 1.807) is 12.4 Å². The summed E-state index contributed by atoms with van der Waals surface area (Å²) in [4.78, 5) is 8.49. The van der Waals surface area contributed by atoms with Gasteiger partial charge in [0.25, 0.3) is 0 Å². The van der Waals surface area contributed by atoms with Crippen LogP contribution >= 0.6 is 12.2 Å². The van der Waals surface area contributed by atoms with Crippen LogP contribution in [-0.4, -0.2) is 32.2 Å². The molecule has 0 saturated heterocycles. The van der Waals surface area contributed by atoms with Gasteiger partial charge in [-0.05, 0) is 12.8 Å². The number of aromatic nitrogens is 2. The predicted octanol–water partition coefficient (Wildman–Crippen LogP) is 0.826. The third-order valence-electron chi connectivity index (χ3n) is 2.98. The summed E-state index contributed by atoms with van der Waals surface area (Å²) in [6.45, 7) is 0. The maximum absolute atomic E-state index is 9.88. The summed E-state index contributed by atoms with van der Waals surface area (Å²) in [6.07, 6.45) is 6.72. The van der Waals surface area contributed by atoms with E-state index in [2.05, 4.69) is 15.3 Å². The summed E-state index contributed by atoms with van der Waals surface area (Å²) in [5.41, 5.74) is 6.07. The summed E-state index contributed by atoms with van der Waals surface area (Å²) in [7, 11) is 0. The maximum Gasteiger partial charge on any atom is 0.155 e. The molecule has 4 N–H and O–H groups in total. The first kappa shape index (κ1) is 12.2. The second kappa shape index (κ2) is 5.37. The minimum Gasteiger partial charge on any atom is -0.391 e. The first-order chi connectivity index (χ1) is 8.18. The quantitative estimate of drug-likeness (QED) is 0.691. The highest BCUT2D eigenvalue weighted by atomic mass is 32.1. The molecule has 2 unspecified atom stereocenters. The molecule has 1 saturated carbocycles. The van der Waals surface area contributed by atoms with Gasteiger partial charge in [0.1, 0.15) is 10.7 Å². The number of nitrogens with two attached hydrogens (primary N) is 1. The molecule has 17 heavy (non-hydrogen) atoms. The highest BCUT2D eigenvalue weighted by molar-refractivity contribution is 7.80. The van der Waals surface area contributed by atoms with E-state index in [-0.39, 0.29) is 17.1 Å². The molecule has 2 rings (SSSR count). The molecule has 1 aliphatic rings. The van der Waals surface area contributed by atoms with Crippen LogP contribution in [0.15, 0.2) is 12.4 Å². The van der Waals surface area contributed by atoms with Crippen LogP contribution in [0.4, 0.5) is 5.82 Å². The van der Waals surface area contributed by atoms with E-state index in [9.17, 15) is 5.11 Å². The Bertz CT molecular complexity index is 412. The van der Waals surface area contributed by atoms with Crippen molar-refractivity contribution in [2.24, 2.45) is 5.73 Å². The topological polar surface area (TPSA) is 84.1 Å². The number of nitrogens with zero attached hydrogens (tertiary/aromatic N) is 2. The minimum absolute atomic E-state index is 0.00792. The normalized spacial score (nSPS) is 24.3. The zero-order valence-corrected chi connectivity index (χ0v) is 10.3. The fourth-order valence-corrected chi connectivity index (χ4v) is 2.23. The summed E-state index contributed by atoms with van der Waals surface area (Å²) in [6, 6.07) is 0.00792. The highest BCUT2D eigenvalue weighted by Gasteiger charge is 2.24. The SMILES string of the molecule is NC(=S)c1nccnc1NC1CCCCC1O. The van der Waals surface area contributed by atoms with Crippen LogP contribution in [0.5, 0.6) is 0 Å². The molecular formula is C11H16N4OS. The Morgan fingerprint density at radius 2 is 2.06 bits per heavy atom. The number of nitrogens with one attached hydrogen (secondary N) is 1. The minimum atomic E-state index is -0.343. The Morgan fingerprint density at radius 1 is 1.35 bits per heavy atom. The van der Waals surface area contributed by atoms with Crippen molar-refractivity contribution in [3.05, 3.63) is 18.1 Å². The number of anilines is 1. The number of hydrogen-bond donors (Lipinski definition) is 3. The molecule has 6 heteroatoms. The molecule has 1 fully saturated rings. The molecule has 0 radical (unpaired) electrons. The van der Waals surface area contributed by atoms with Gasteiger partial charge in [0.05, 0.1) is 12.1 Å². The third-order valence-corrected chi connectivity index (χ3v) is 3.18. The Labute approximate surface area is 105 Å². The van der Waals surface area contributed by atoms with Crippen LogP contribution in [0.25, 0.3) is 0 Å². The predicted molar refractivity (Wildman–Crippen MR) is 69.8 cm³/mol. The van der Waals surface area contributed by atoms with Crippen molar-refractivity contribution in [2.45, 2.75) is 37.8 Å². The molecule has 0 aromatic carbocycles. The van der Waals surface area contributed by atoms with Gasteiger partial charge in [0.15, 0.2) is 5.82 Å². The van der Waals surface area contributed by atoms with E-state index >= 15 is 0 Å². The first-order valence-electron chi connectivity index (χ1n) is 5.74. The fourth-order valence-electron chi connectivity index (χ4n) is 2.08. The van der Waals surface area contributed by atoms with Crippen LogP contribution in [0.3, 0.4) is 0 Å². The largest absolute Gasteiger partial charge is 0.391 e. The van der Waals surface area contributed by atoms with Crippen molar-refractivity contribution in [1.29, 1.82) is 0 Å². The van der Waals surface area contributed by atoms with Crippen LogP contribution in [0.2, 0.25) is 0 Å². The molecule has 1 heterocycles. The van der Waals surface area contributed by atoms with Gasteiger partial charge < -0.3 is 16.2 Å². The third kappa shape index (κ3) is 2.89. The smallest absolute Gasteiger partial charge is 0.155 e. The zero-order chi connectivity index (χ0) is 12.3. The fraction of sp³-hybridized carbons (Fsp3) is 0.545. The van der Waals surface area contributed by atoms with Crippen molar-refractivity contribution in [2.75, 3.05) is 5.32 Å². The number of aliphatic hydroxyl groups excluding tert-OH is 1. The van der Waals surface area contributed by atoms with Crippen molar-refractivity contribution < 1.29 is 5.11 Å². The van der Waals surface area contributed by atoms with Gasteiger partial charge in [-0.2, -0.15) is 0 Å². The summed E-state index contributed by atoms with van der Waals surface area (Å²) < 4.78 is 0. The van der Waals surface area contributed by atoms with Crippen molar-refractivity contribution in [3.8, 4) is 0 Å². The van der Waals surface area contributed by atoms with E-state index in [4.69, 9.17) is 18.0 Å². The number of rotatable bonds is 3. The van der Waals surface area contributed by atoms with Gasteiger partial charge in [0, 0.05) is 12.4 Å². The lowest BCUT2D eigenvalue weighted by Gasteiger charge is -2.29. The van der Waals surface area contributed by atoms with E-state index in [0.29, 0.717) is 11.5 Å². The lowest BCUT2D eigenvalue weighted by molar-refractivity contribution is 0.116. The number of aliphatic hydroxyl groups is 1. The molecular weight excluding hydrogens is 236 g/mol. The molecule has 0 bridgehead atoms. The van der Waals surface area contributed by atoms with Crippen molar-refractivity contribution >= 4 is 23.0 Å². The molecule has 92 valence electrons. The highest BCUT2D eigenvalue weighted by Crippen LogP contribution is 2.22. The molecule has 1 aromatic rings. The molecule has 1 aliphatic carbocycles. The molecule has 0 amide bonds. The number of thiocarbonyl (C=S) groups is 1. The van der Waals surface area contributed by atoms with E-state index < -0.39 is 0 Å². The van der Waals surface area contributed by atoms with Crippen LogP contribution < -0.4 is 11.1 Å². The second-order valence-corrected chi connectivity index (χ2v) is 4.66. The van der Waals surface area contributed by atoms with E-state index in [1.807, 2.05) is 0 Å². The number of hydrogen-bond acceptors (Lipinski definition) is 5. The maximum atomic E-state index is 9.88. The summed E-state index contributed by atoms with van der Waals surface area (Å²) >= 11 is 4.92. The lowest BCUT2D eigenvalue weighted by atomic mass is 9.92. The van der Waals surface area contributed by atoms with Crippen LogP contribution in [0.1, 0.15) is 31.4 Å². The molecule has 1 aromatic heterocycles. The van der Waals surface area contributed by atoms with Crippen molar-refractivity contribution in [1.82, 2.24) is 9.97 Å². The standard InChI is InChI=1S/C11H16N4OS/c12-10(17)9-11(14-6-5-13-9)15-7-3-1-2-4-8(7)16/h5-8,16H,1-4H2,(H2,12,17)(H,14,15). The Hall–Kier alpha value is -1.27. The molecule has 0 spiro atoms. The zero-order valence-electron chi connectivity index (χ0n) is 9.47. The van der Waals surface area contributed by atoms with Crippen LogP contribution in [0, 0.1) is 0 Å². The molecule has 5 nitrogen and oxygen atoms in total. The summed E-state index contributed by atoms with van der Waals surface area (Å²) in [5, 5.41) is 13.1. The van der Waals surface area contributed by atoms with Gasteiger partial charge in [-0.1, -0.05) is 25.1 Å². The average Bonchev–Trinajstić information content (AvgIpc) is 2.32. The summed E-state index contributed by atoms with van der Waals surface area (Å²) in [5.74, 6) is 0.561. The van der Waals surface area contributed by atoms with Gasteiger partial charge in [-0.15, -0.1) is 0 Å². The molecule has 0 aliphatic heterocycles. The van der Waals surface area contributed by atoms with Gasteiger partial charge in [-0.25, -0.2) is 9.97 Å². The van der Waals surface area contributed by atoms with Gasteiger partial charge in [0.2, 0.25) is 0 Å². The van der Waals surface area contributed by atoms with E-state index in [1.165, 1.54) is 0 Å². The molecule has 2 atom stereocenters. The monoisotopic (exact) mass is 252 g/mol. The second-order valence-electron chi connectivity index (χ2n) is 4.22.